The Hall–Kier alpha value is -1.31. The Balaban J connectivity index is 1.61. The molecule has 0 saturated heterocycles. The molecule has 2 saturated carbocycles. The number of carbonyl (C=O) groups is 1. The Morgan fingerprint density at radius 1 is 1.10 bits per heavy atom. The molecule has 0 atom stereocenters. The van der Waals surface area contributed by atoms with Crippen molar-refractivity contribution in [1.82, 2.24) is 5.32 Å². The van der Waals surface area contributed by atoms with Crippen molar-refractivity contribution in [2.75, 3.05) is 0 Å². The third-order valence-corrected chi connectivity index (χ3v) is 5.49. The molecule has 0 aromatic heterocycles. The molecule has 114 valence electrons. The highest BCUT2D eigenvalue weighted by Crippen LogP contribution is 2.40. The Bertz CT molecular complexity index is 474. The average molecular weight is 285 g/mol. The Kier molecular flexibility index (Phi) is 4.62. The summed E-state index contributed by atoms with van der Waals surface area (Å²) in [6.45, 7) is 2.16. The van der Waals surface area contributed by atoms with E-state index in [0.717, 1.165) is 18.3 Å². The van der Waals surface area contributed by atoms with E-state index >= 15 is 0 Å². The molecule has 2 aliphatic rings. The van der Waals surface area contributed by atoms with Crippen LogP contribution in [0.2, 0.25) is 0 Å². The number of carbonyl (C=O) groups excluding carboxylic acids is 1. The van der Waals surface area contributed by atoms with Crippen LogP contribution in [0.1, 0.15) is 56.6 Å². The lowest BCUT2D eigenvalue weighted by molar-refractivity contribution is -0.122. The molecule has 21 heavy (non-hydrogen) atoms. The fraction of sp³-hybridized carbons (Fsp3) is 0.632. The molecule has 1 aromatic rings. The van der Waals surface area contributed by atoms with Crippen LogP contribution < -0.4 is 5.32 Å². The summed E-state index contributed by atoms with van der Waals surface area (Å²) in [5.41, 5.74) is 2.50. The van der Waals surface area contributed by atoms with Gasteiger partial charge in [-0.3, -0.25) is 4.79 Å². The fourth-order valence-electron chi connectivity index (χ4n) is 3.70. The molecule has 2 aliphatic carbocycles. The van der Waals surface area contributed by atoms with Gasteiger partial charge < -0.3 is 5.32 Å². The fourth-order valence-corrected chi connectivity index (χ4v) is 3.70. The SMILES string of the molecule is CCc1ccccc1CC(=O)NC(C1CCC1)C1CCC1. The van der Waals surface area contributed by atoms with Crippen LogP contribution in [-0.2, 0) is 17.6 Å². The standard InChI is InChI=1S/C19H27NO/c1-2-14-7-3-4-8-17(14)13-18(21)20-19(15-9-5-10-15)16-11-6-12-16/h3-4,7-8,15-16,19H,2,5-6,9-13H2,1H3,(H,20,21). The molecule has 0 unspecified atom stereocenters. The van der Waals surface area contributed by atoms with Gasteiger partial charge in [-0.15, -0.1) is 0 Å². The van der Waals surface area contributed by atoms with Crippen molar-refractivity contribution >= 4 is 5.91 Å². The van der Waals surface area contributed by atoms with E-state index in [1.165, 1.54) is 49.7 Å². The molecule has 0 spiro atoms. The number of rotatable bonds is 6. The number of amides is 1. The minimum atomic E-state index is 0.222. The molecule has 1 N–H and O–H groups in total. The van der Waals surface area contributed by atoms with E-state index in [1.54, 1.807) is 0 Å². The molecule has 0 aliphatic heterocycles. The minimum absolute atomic E-state index is 0.222. The van der Waals surface area contributed by atoms with Gasteiger partial charge in [0.15, 0.2) is 0 Å². The van der Waals surface area contributed by atoms with Crippen molar-refractivity contribution in [2.24, 2.45) is 11.8 Å². The van der Waals surface area contributed by atoms with Crippen LogP contribution in [0, 0.1) is 11.8 Å². The van der Waals surface area contributed by atoms with Crippen LogP contribution in [0.15, 0.2) is 24.3 Å². The lowest BCUT2D eigenvalue weighted by atomic mass is 9.68. The molecule has 0 radical (unpaired) electrons. The summed E-state index contributed by atoms with van der Waals surface area (Å²) in [5, 5.41) is 3.38. The maximum atomic E-state index is 12.5. The average Bonchev–Trinajstić information content (AvgIpc) is 2.35. The van der Waals surface area contributed by atoms with E-state index in [-0.39, 0.29) is 5.91 Å². The van der Waals surface area contributed by atoms with Crippen LogP contribution in [-0.4, -0.2) is 11.9 Å². The molecule has 0 bridgehead atoms. The smallest absolute Gasteiger partial charge is 0.224 e. The Morgan fingerprint density at radius 3 is 2.14 bits per heavy atom. The number of aryl methyl sites for hydroxylation is 1. The van der Waals surface area contributed by atoms with E-state index in [0.29, 0.717) is 12.5 Å². The van der Waals surface area contributed by atoms with Gasteiger partial charge in [0, 0.05) is 6.04 Å². The van der Waals surface area contributed by atoms with Crippen molar-refractivity contribution in [3.63, 3.8) is 0 Å². The lowest BCUT2D eigenvalue weighted by Gasteiger charge is -2.43. The van der Waals surface area contributed by atoms with Gasteiger partial charge in [0.05, 0.1) is 6.42 Å². The first kappa shape index (κ1) is 14.6. The molecule has 2 fully saturated rings. The normalized spacial score (nSPS) is 19.1. The van der Waals surface area contributed by atoms with Crippen molar-refractivity contribution in [3.05, 3.63) is 35.4 Å². The third kappa shape index (κ3) is 3.30. The van der Waals surface area contributed by atoms with Gasteiger partial charge in [0.1, 0.15) is 0 Å². The van der Waals surface area contributed by atoms with Gasteiger partial charge in [0.2, 0.25) is 5.91 Å². The highest BCUT2D eigenvalue weighted by Gasteiger charge is 2.36. The van der Waals surface area contributed by atoms with Crippen molar-refractivity contribution in [1.29, 1.82) is 0 Å². The topological polar surface area (TPSA) is 29.1 Å². The number of nitrogens with one attached hydrogen (secondary N) is 1. The molecule has 0 heterocycles. The largest absolute Gasteiger partial charge is 0.353 e. The zero-order valence-corrected chi connectivity index (χ0v) is 13.1. The quantitative estimate of drug-likeness (QED) is 0.844. The van der Waals surface area contributed by atoms with E-state index < -0.39 is 0 Å². The summed E-state index contributed by atoms with van der Waals surface area (Å²) >= 11 is 0. The Morgan fingerprint density at radius 2 is 1.67 bits per heavy atom. The number of hydrogen-bond donors (Lipinski definition) is 1. The molecule has 3 rings (SSSR count). The molecular weight excluding hydrogens is 258 g/mol. The van der Waals surface area contributed by atoms with Crippen molar-refractivity contribution in [2.45, 2.75) is 64.3 Å². The third-order valence-electron chi connectivity index (χ3n) is 5.49. The van der Waals surface area contributed by atoms with Gasteiger partial charge in [-0.25, -0.2) is 0 Å². The monoisotopic (exact) mass is 285 g/mol. The van der Waals surface area contributed by atoms with Crippen LogP contribution in [0.25, 0.3) is 0 Å². The predicted molar refractivity (Wildman–Crippen MR) is 86.1 cm³/mol. The van der Waals surface area contributed by atoms with Crippen molar-refractivity contribution in [3.8, 4) is 0 Å². The van der Waals surface area contributed by atoms with Crippen LogP contribution in [0.4, 0.5) is 0 Å². The summed E-state index contributed by atoms with van der Waals surface area (Å²) in [6.07, 6.45) is 9.49. The summed E-state index contributed by atoms with van der Waals surface area (Å²) < 4.78 is 0. The van der Waals surface area contributed by atoms with Gasteiger partial charge in [-0.05, 0) is 55.1 Å². The van der Waals surface area contributed by atoms with E-state index in [4.69, 9.17) is 0 Å². The van der Waals surface area contributed by atoms with Crippen LogP contribution >= 0.6 is 0 Å². The van der Waals surface area contributed by atoms with Gasteiger partial charge >= 0.3 is 0 Å². The first-order valence-corrected chi connectivity index (χ1v) is 8.64. The van der Waals surface area contributed by atoms with E-state index in [2.05, 4.69) is 30.4 Å². The first-order chi connectivity index (χ1) is 10.3. The van der Waals surface area contributed by atoms with Crippen molar-refractivity contribution < 1.29 is 4.79 Å². The second-order valence-corrected chi connectivity index (χ2v) is 6.77. The molecule has 1 aromatic carbocycles. The van der Waals surface area contributed by atoms with E-state index in [1.807, 2.05) is 6.07 Å². The maximum Gasteiger partial charge on any atom is 0.224 e. The Labute approximate surface area is 128 Å². The number of benzene rings is 1. The van der Waals surface area contributed by atoms with Gasteiger partial charge in [-0.1, -0.05) is 44.0 Å². The minimum Gasteiger partial charge on any atom is -0.353 e. The zero-order chi connectivity index (χ0) is 14.7. The molecule has 2 nitrogen and oxygen atoms in total. The van der Waals surface area contributed by atoms with Gasteiger partial charge in [-0.2, -0.15) is 0 Å². The summed E-state index contributed by atoms with van der Waals surface area (Å²) in [4.78, 5) is 12.5. The number of hydrogen-bond acceptors (Lipinski definition) is 1. The molecule has 2 heteroatoms. The predicted octanol–water partition coefficient (Wildman–Crippen LogP) is 3.88. The summed E-state index contributed by atoms with van der Waals surface area (Å²) in [5.74, 6) is 1.72. The second kappa shape index (κ2) is 6.64. The van der Waals surface area contributed by atoms with E-state index in [9.17, 15) is 4.79 Å². The van der Waals surface area contributed by atoms with Crippen LogP contribution in [0.5, 0.6) is 0 Å². The molecule has 1 amide bonds. The highest BCUT2D eigenvalue weighted by molar-refractivity contribution is 5.79. The lowest BCUT2D eigenvalue weighted by Crippen LogP contribution is -2.49. The second-order valence-electron chi connectivity index (χ2n) is 6.77. The van der Waals surface area contributed by atoms with Gasteiger partial charge in [0.25, 0.3) is 0 Å². The zero-order valence-electron chi connectivity index (χ0n) is 13.1. The maximum absolute atomic E-state index is 12.5. The van der Waals surface area contributed by atoms with Crippen LogP contribution in [0.3, 0.4) is 0 Å². The highest BCUT2D eigenvalue weighted by atomic mass is 16.1. The summed E-state index contributed by atoms with van der Waals surface area (Å²) in [6, 6.07) is 8.79. The summed E-state index contributed by atoms with van der Waals surface area (Å²) in [7, 11) is 0. The molecular formula is C19H27NO. The first-order valence-electron chi connectivity index (χ1n) is 8.64.